The topological polar surface area (TPSA) is 63.6 Å². The van der Waals surface area contributed by atoms with Gasteiger partial charge < -0.3 is 0 Å². The van der Waals surface area contributed by atoms with Crippen LogP contribution < -0.4 is 0 Å². The summed E-state index contributed by atoms with van der Waals surface area (Å²) in [6.45, 7) is 2.00. The molecule has 0 spiro atoms. The molecule has 1 N–H and O–H groups in total. The first-order valence-corrected chi connectivity index (χ1v) is 4.81. The van der Waals surface area contributed by atoms with Crippen molar-refractivity contribution in [1.29, 1.82) is 0 Å². The van der Waals surface area contributed by atoms with Crippen LogP contribution in [0.4, 0.5) is 0 Å². The van der Waals surface area contributed by atoms with Gasteiger partial charge in [-0.25, -0.2) is 0 Å². The van der Waals surface area contributed by atoms with Crippen LogP contribution in [0, 0.1) is 0 Å². The van der Waals surface area contributed by atoms with Crippen molar-refractivity contribution in [1.82, 2.24) is 0 Å². The van der Waals surface area contributed by atoms with Crippen molar-refractivity contribution < 1.29 is 29.2 Å². The van der Waals surface area contributed by atoms with Gasteiger partial charge in [-0.2, -0.15) is 0 Å². The van der Waals surface area contributed by atoms with Gasteiger partial charge in [0.2, 0.25) is 0 Å². The third-order valence-corrected chi connectivity index (χ3v) is 1.46. The second-order valence-corrected chi connectivity index (χ2v) is 3.31. The van der Waals surface area contributed by atoms with Crippen molar-refractivity contribution >= 4 is 0 Å². The third kappa shape index (κ3) is 8.05. The van der Waals surface area contributed by atoms with Gasteiger partial charge in [0.05, 0.1) is 0 Å². The molecular weight excluding hydrogens is 164 g/mol. The summed E-state index contributed by atoms with van der Waals surface area (Å²) in [6, 6.07) is 0. The molecule has 0 saturated heterocycles. The first-order valence-electron chi connectivity index (χ1n) is 2.68. The predicted octanol–water partition coefficient (Wildman–Crippen LogP) is 0.470. The second kappa shape index (κ2) is 3.96. The van der Waals surface area contributed by atoms with Gasteiger partial charge in [-0.05, 0) is 0 Å². The van der Waals surface area contributed by atoms with Crippen molar-refractivity contribution in [2.75, 3.05) is 6.61 Å². The Labute approximate surface area is 56.2 Å². The minimum atomic E-state index is -4.85. The predicted molar refractivity (Wildman–Crippen MR) is 24.5 cm³/mol. The molecule has 0 rings (SSSR count). The molecule has 4 nitrogen and oxygen atoms in total. The Balaban J connectivity index is 3.30. The summed E-state index contributed by atoms with van der Waals surface area (Å²) in [5.41, 5.74) is 0. The van der Waals surface area contributed by atoms with Crippen LogP contribution in [0.5, 0.6) is 0 Å². The zero-order valence-electron chi connectivity index (χ0n) is 5.20. The summed E-state index contributed by atoms with van der Waals surface area (Å²) in [7, 11) is 0. The Morgan fingerprint density at radius 2 is 2.11 bits per heavy atom. The molecule has 0 atom stereocenters. The fraction of sp³-hybridized carbons (Fsp3) is 1.00. The van der Waals surface area contributed by atoms with E-state index in [9.17, 15) is 7.61 Å². The Morgan fingerprint density at radius 3 is 2.44 bits per heavy atom. The van der Waals surface area contributed by atoms with Gasteiger partial charge in [-0.1, -0.05) is 0 Å². The van der Waals surface area contributed by atoms with E-state index in [0.717, 1.165) is 6.42 Å². The Morgan fingerprint density at radius 1 is 1.56 bits per heavy atom. The summed E-state index contributed by atoms with van der Waals surface area (Å²) < 4.78 is 32.0. The van der Waals surface area contributed by atoms with Gasteiger partial charge >= 0.3 is 55.5 Å². The molecule has 0 fully saturated rings. The molecule has 0 heterocycles. The second-order valence-electron chi connectivity index (χ2n) is 1.60. The van der Waals surface area contributed by atoms with E-state index in [2.05, 4.69) is 3.79 Å². The fourth-order valence-corrected chi connectivity index (χ4v) is 0.821. The van der Waals surface area contributed by atoms with E-state index < -0.39 is 13.6 Å². The first kappa shape index (κ1) is 9.05. The molecule has 9 heavy (non-hydrogen) atoms. The van der Waals surface area contributed by atoms with Crippen molar-refractivity contribution in [2.45, 2.75) is 19.8 Å². The SMILES string of the molecule is CCCC[O][Cr](=[O])(=[O])[OH]. The molecule has 0 aromatic rings. The van der Waals surface area contributed by atoms with Crippen molar-refractivity contribution in [2.24, 2.45) is 0 Å². The molecule has 0 unspecified atom stereocenters. The van der Waals surface area contributed by atoms with Gasteiger partial charge in [0, 0.05) is 0 Å². The molecule has 0 aliphatic carbocycles. The molecule has 0 radical (unpaired) electrons. The molecule has 0 saturated carbocycles. The summed E-state index contributed by atoms with van der Waals surface area (Å²) in [5.74, 6) is 0. The van der Waals surface area contributed by atoms with Crippen LogP contribution >= 0.6 is 0 Å². The zero-order chi connectivity index (χ0) is 7.33. The van der Waals surface area contributed by atoms with Gasteiger partial charge in [0.1, 0.15) is 0 Å². The van der Waals surface area contributed by atoms with Gasteiger partial charge in [0.25, 0.3) is 0 Å². The molecule has 5 heteroatoms. The summed E-state index contributed by atoms with van der Waals surface area (Å²) in [6.07, 6.45) is 1.51. The number of hydrogen-bond donors (Lipinski definition) is 1. The van der Waals surface area contributed by atoms with Crippen LogP contribution in [0.25, 0.3) is 0 Å². The van der Waals surface area contributed by atoms with Gasteiger partial charge in [0.15, 0.2) is 0 Å². The summed E-state index contributed by atoms with van der Waals surface area (Å²) in [4.78, 5) is 0. The van der Waals surface area contributed by atoms with Crippen LogP contribution in [0.15, 0.2) is 0 Å². The summed E-state index contributed by atoms with van der Waals surface area (Å²) >= 11 is -4.85. The van der Waals surface area contributed by atoms with Crippen LogP contribution in [0.3, 0.4) is 0 Å². The van der Waals surface area contributed by atoms with E-state index in [1.54, 1.807) is 0 Å². The zero-order valence-corrected chi connectivity index (χ0v) is 6.48. The molecule has 0 aliphatic heterocycles. The Hall–Kier alpha value is 0.0525. The quantitative estimate of drug-likeness (QED) is 0.629. The van der Waals surface area contributed by atoms with Crippen LogP contribution in [-0.4, -0.2) is 10.8 Å². The van der Waals surface area contributed by atoms with E-state index in [4.69, 9.17) is 4.16 Å². The monoisotopic (exact) mass is 174 g/mol. The number of unbranched alkanes of at least 4 members (excludes halogenated alkanes) is 1. The standard InChI is InChI=1S/C4H9O.Cr.H2O.2O/c1-2-3-4-5;;;;/h2-4H2,1H3;;1H2;;/q-1;+2;;;/p-1. The van der Waals surface area contributed by atoms with Gasteiger partial charge in [-0.3, -0.25) is 0 Å². The molecule has 56 valence electrons. The number of hydrogen-bond acceptors (Lipinski definition) is 3. The van der Waals surface area contributed by atoms with Gasteiger partial charge in [-0.15, -0.1) is 0 Å². The minimum absolute atomic E-state index is 0.0972. The molecule has 0 amide bonds. The van der Waals surface area contributed by atoms with Crippen LogP contribution in [0.2, 0.25) is 0 Å². The third-order valence-electron chi connectivity index (χ3n) is 0.730. The maximum absolute atomic E-state index is 9.91. The average molecular weight is 174 g/mol. The van der Waals surface area contributed by atoms with Crippen LogP contribution in [-0.2, 0) is 25.0 Å². The normalized spacial score (nSPS) is 11.8. The van der Waals surface area contributed by atoms with E-state index in [-0.39, 0.29) is 6.61 Å². The van der Waals surface area contributed by atoms with E-state index in [1.165, 1.54) is 0 Å². The van der Waals surface area contributed by atoms with Crippen molar-refractivity contribution in [3.05, 3.63) is 0 Å². The molecular formula is C4H10CrO4. The van der Waals surface area contributed by atoms with E-state index in [0.29, 0.717) is 6.42 Å². The molecule has 0 aliphatic rings. The first-order chi connectivity index (χ1) is 4.06. The molecule has 0 aromatic carbocycles. The maximum atomic E-state index is 9.91. The van der Waals surface area contributed by atoms with Crippen LogP contribution in [0.1, 0.15) is 19.8 Å². The average Bonchev–Trinajstić information content (AvgIpc) is 1.63. The molecule has 0 aromatic heterocycles. The van der Waals surface area contributed by atoms with Crippen molar-refractivity contribution in [3.63, 3.8) is 0 Å². The Kier molecular flexibility index (Phi) is 3.99. The van der Waals surface area contributed by atoms with E-state index >= 15 is 0 Å². The molecule has 0 bridgehead atoms. The Bertz CT molecular complexity index is 148. The fourth-order valence-electron chi connectivity index (χ4n) is 0.309. The van der Waals surface area contributed by atoms with Crippen molar-refractivity contribution in [3.8, 4) is 0 Å². The number of rotatable bonds is 4. The summed E-state index contributed by atoms with van der Waals surface area (Å²) in [5, 5.41) is 0. The van der Waals surface area contributed by atoms with E-state index in [1.807, 2.05) is 6.92 Å².